The number of anilines is 2. The van der Waals surface area contributed by atoms with Gasteiger partial charge in [0.2, 0.25) is 5.95 Å². The lowest BCUT2D eigenvalue weighted by Gasteiger charge is -2.34. The van der Waals surface area contributed by atoms with Crippen LogP contribution in [0.3, 0.4) is 0 Å². The van der Waals surface area contributed by atoms with Gasteiger partial charge in [0.1, 0.15) is 5.82 Å². The molecule has 4 heteroatoms. The summed E-state index contributed by atoms with van der Waals surface area (Å²) in [6, 6.07) is 0. The molecular weight excluding hydrogens is 200 g/mol. The zero-order valence-corrected chi connectivity index (χ0v) is 9.50. The standard InChI is InChI=1S/C12H18N4/c13-10-8-4-3-7-12(5-1-2-6-12)9(8)15-11(14)16-10/h1-7H2,(H4,13,14,15,16). The lowest BCUT2D eigenvalue weighted by molar-refractivity contribution is 0.358. The molecule has 0 atom stereocenters. The van der Waals surface area contributed by atoms with Crippen molar-refractivity contribution in [3.05, 3.63) is 11.3 Å². The minimum Gasteiger partial charge on any atom is -0.383 e. The van der Waals surface area contributed by atoms with Crippen LogP contribution in [-0.4, -0.2) is 9.97 Å². The summed E-state index contributed by atoms with van der Waals surface area (Å²) in [5.74, 6) is 0.942. The third-order valence-electron chi connectivity index (χ3n) is 4.20. The normalized spacial score (nSPS) is 22.2. The fourth-order valence-corrected chi connectivity index (χ4v) is 3.46. The van der Waals surface area contributed by atoms with E-state index in [1.165, 1.54) is 49.8 Å². The van der Waals surface area contributed by atoms with E-state index < -0.39 is 0 Å². The van der Waals surface area contributed by atoms with Crippen molar-refractivity contribution in [1.82, 2.24) is 9.97 Å². The van der Waals surface area contributed by atoms with Gasteiger partial charge >= 0.3 is 0 Å². The highest BCUT2D eigenvalue weighted by molar-refractivity contribution is 5.50. The number of rotatable bonds is 0. The first kappa shape index (κ1) is 9.87. The molecule has 0 saturated heterocycles. The monoisotopic (exact) mass is 218 g/mol. The third kappa shape index (κ3) is 1.29. The molecule has 3 rings (SSSR count). The second kappa shape index (κ2) is 3.34. The van der Waals surface area contributed by atoms with Crippen LogP contribution in [0.25, 0.3) is 0 Å². The van der Waals surface area contributed by atoms with Gasteiger partial charge in [-0.3, -0.25) is 0 Å². The summed E-state index contributed by atoms with van der Waals surface area (Å²) >= 11 is 0. The lowest BCUT2D eigenvalue weighted by atomic mass is 9.72. The number of nitrogens with two attached hydrogens (primary N) is 2. The highest BCUT2D eigenvalue weighted by atomic mass is 15.0. The average Bonchev–Trinajstić information content (AvgIpc) is 2.69. The first-order chi connectivity index (χ1) is 7.71. The van der Waals surface area contributed by atoms with Crippen molar-refractivity contribution < 1.29 is 0 Å². The number of nitrogen functional groups attached to an aromatic ring is 2. The molecule has 86 valence electrons. The summed E-state index contributed by atoms with van der Waals surface area (Å²) in [6.07, 6.45) is 8.59. The van der Waals surface area contributed by atoms with Crippen LogP contribution in [-0.2, 0) is 11.8 Å². The highest BCUT2D eigenvalue weighted by Crippen LogP contribution is 2.48. The van der Waals surface area contributed by atoms with Gasteiger partial charge < -0.3 is 11.5 Å². The highest BCUT2D eigenvalue weighted by Gasteiger charge is 2.41. The van der Waals surface area contributed by atoms with Crippen LogP contribution < -0.4 is 11.5 Å². The quantitative estimate of drug-likeness (QED) is 0.696. The molecule has 4 N–H and O–H groups in total. The molecule has 0 amide bonds. The smallest absolute Gasteiger partial charge is 0.222 e. The molecule has 1 aromatic heterocycles. The summed E-state index contributed by atoms with van der Waals surface area (Å²) in [4.78, 5) is 8.58. The van der Waals surface area contributed by atoms with E-state index in [0.717, 1.165) is 6.42 Å². The van der Waals surface area contributed by atoms with E-state index in [1.54, 1.807) is 0 Å². The Balaban J connectivity index is 2.17. The van der Waals surface area contributed by atoms with Crippen LogP contribution in [0.15, 0.2) is 0 Å². The van der Waals surface area contributed by atoms with Crippen LogP contribution in [0.4, 0.5) is 11.8 Å². The van der Waals surface area contributed by atoms with Crippen LogP contribution in [0.1, 0.15) is 49.8 Å². The molecule has 1 spiro atoms. The van der Waals surface area contributed by atoms with Crippen molar-refractivity contribution >= 4 is 11.8 Å². The number of aromatic nitrogens is 2. The number of fused-ring (bicyclic) bond motifs is 2. The first-order valence-corrected chi connectivity index (χ1v) is 6.14. The molecule has 1 heterocycles. The van der Waals surface area contributed by atoms with Crippen LogP contribution >= 0.6 is 0 Å². The van der Waals surface area contributed by atoms with Gasteiger partial charge in [-0.25, -0.2) is 4.98 Å². The van der Waals surface area contributed by atoms with Gasteiger partial charge in [-0.15, -0.1) is 0 Å². The molecule has 1 aromatic rings. The van der Waals surface area contributed by atoms with Crippen LogP contribution in [0.2, 0.25) is 0 Å². The molecule has 1 fully saturated rings. The Kier molecular flexibility index (Phi) is 2.06. The Bertz CT molecular complexity index is 421. The van der Waals surface area contributed by atoms with Crippen LogP contribution in [0.5, 0.6) is 0 Å². The maximum atomic E-state index is 5.96. The largest absolute Gasteiger partial charge is 0.383 e. The van der Waals surface area contributed by atoms with Gasteiger partial charge in [-0.05, 0) is 32.1 Å². The Labute approximate surface area is 95.5 Å². The van der Waals surface area contributed by atoms with Gasteiger partial charge in [-0.2, -0.15) is 4.98 Å². The fraction of sp³-hybridized carbons (Fsp3) is 0.667. The van der Waals surface area contributed by atoms with Crippen molar-refractivity contribution in [2.24, 2.45) is 0 Å². The first-order valence-electron chi connectivity index (χ1n) is 6.14. The van der Waals surface area contributed by atoms with Crippen molar-refractivity contribution in [2.45, 2.75) is 50.4 Å². The molecular formula is C12H18N4. The summed E-state index contributed by atoms with van der Waals surface area (Å²) in [5, 5.41) is 0. The van der Waals surface area contributed by atoms with E-state index in [4.69, 9.17) is 11.5 Å². The fourth-order valence-electron chi connectivity index (χ4n) is 3.46. The predicted molar refractivity (Wildman–Crippen MR) is 63.9 cm³/mol. The van der Waals surface area contributed by atoms with E-state index in [2.05, 4.69) is 9.97 Å². The number of nitrogens with zero attached hydrogens (tertiary/aromatic N) is 2. The van der Waals surface area contributed by atoms with E-state index in [9.17, 15) is 0 Å². The topological polar surface area (TPSA) is 77.8 Å². The zero-order chi connectivity index (χ0) is 11.2. The van der Waals surface area contributed by atoms with Gasteiger partial charge in [0.25, 0.3) is 0 Å². The average molecular weight is 218 g/mol. The molecule has 2 aliphatic carbocycles. The zero-order valence-electron chi connectivity index (χ0n) is 9.50. The van der Waals surface area contributed by atoms with E-state index in [0.29, 0.717) is 11.8 Å². The van der Waals surface area contributed by atoms with Gasteiger partial charge in [0.15, 0.2) is 0 Å². The molecule has 0 radical (unpaired) electrons. The second-order valence-electron chi connectivity index (χ2n) is 5.14. The predicted octanol–water partition coefficient (Wildman–Crippen LogP) is 1.79. The third-order valence-corrected chi connectivity index (χ3v) is 4.20. The van der Waals surface area contributed by atoms with E-state index >= 15 is 0 Å². The summed E-state index contributed by atoms with van der Waals surface area (Å²) < 4.78 is 0. The summed E-state index contributed by atoms with van der Waals surface area (Å²) in [6.45, 7) is 0. The van der Waals surface area contributed by atoms with Crippen molar-refractivity contribution in [3.63, 3.8) is 0 Å². The molecule has 0 bridgehead atoms. The molecule has 0 aromatic carbocycles. The molecule has 2 aliphatic rings. The minimum absolute atomic E-state index is 0.277. The number of hydrogen-bond acceptors (Lipinski definition) is 4. The minimum atomic E-state index is 0.277. The van der Waals surface area contributed by atoms with Crippen molar-refractivity contribution in [2.75, 3.05) is 11.5 Å². The maximum Gasteiger partial charge on any atom is 0.222 e. The van der Waals surface area contributed by atoms with Crippen molar-refractivity contribution in [1.29, 1.82) is 0 Å². The SMILES string of the molecule is Nc1nc(N)c2c(n1)C1(CCCC1)CCC2. The van der Waals surface area contributed by atoms with Gasteiger partial charge in [-0.1, -0.05) is 12.8 Å². The lowest BCUT2D eigenvalue weighted by Crippen LogP contribution is -2.30. The van der Waals surface area contributed by atoms with Crippen molar-refractivity contribution in [3.8, 4) is 0 Å². The van der Waals surface area contributed by atoms with E-state index in [-0.39, 0.29) is 5.41 Å². The molecule has 4 nitrogen and oxygen atoms in total. The van der Waals surface area contributed by atoms with Crippen LogP contribution in [0, 0.1) is 0 Å². The maximum absolute atomic E-state index is 5.96. The van der Waals surface area contributed by atoms with Gasteiger partial charge in [0.05, 0.1) is 5.69 Å². The summed E-state index contributed by atoms with van der Waals surface area (Å²) in [5.41, 5.74) is 14.3. The number of hydrogen-bond donors (Lipinski definition) is 2. The second-order valence-corrected chi connectivity index (χ2v) is 5.14. The molecule has 1 saturated carbocycles. The Hall–Kier alpha value is -1.32. The summed E-state index contributed by atoms with van der Waals surface area (Å²) in [7, 11) is 0. The van der Waals surface area contributed by atoms with Gasteiger partial charge in [0, 0.05) is 11.0 Å². The Morgan fingerprint density at radius 3 is 2.38 bits per heavy atom. The Morgan fingerprint density at radius 2 is 1.62 bits per heavy atom. The molecule has 16 heavy (non-hydrogen) atoms. The molecule has 0 unspecified atom stereocenters. The van der Waals surface area contributed by atoms with E-state index in [1.807, 2.05) is 0 Å². The Morgan fingerprint density at radius 1 is 0.938 bits per heavy atom. The molecule has 0 aliphatic heterocycles.